The minimum atomic E-state index is -3.48. The van der Waals surface area contributed by atoms with E-state index >= 15 is 0 Å². The highest BCUT2D eigenvalue weighted by atomic mass is 32.2. The number of carbonyl (C=O) groups excluding carboxylic acids is 1. The van der Waals surface area contributed by atoms with Gasteiger partial charge in [0.05, 0.1) is 11.4 Å². The number of carbonyl (C=O) groups is 1. The zero-order valence-corrected chi connectivity index (χ0v) is 17.9. The molecule has 0 radical (unpaired) electrons. The molecule has 2 aromatic carbocycles. The smallest absolute Gasteiger partial charge is 0.243 e. The van der Waals surface area contributed by atoms with E-state index in [0.29, 0.717) is 26.2 Å². The Hall–Kier alpha value is -2.29. The molecule has 2 aromatic rings. The standard InChI is InChI=1S/C21H28FN3O3S/c1-4-25(5-2)29(27,28)20-12-8-17(9-13-20)14-23-21(26)16-24(3)15-18-6-10-19(22)11-7-18/h6-13H,4-5,14-16H2,1-3H3,(H,23,26). The Bertz CT molecular complexity index is 896. The molecule has 0 spiro atoms. The van der Waals surface area contributed by atoms with E-state index in [1.165, 1.54) is 16.4 Å². The van der Waals surface area contributed by atoms with Crippen molar-refractivity contribution in [2.45, 2.75) is 31.8 Å². The molecule has 6 nitrogen and oxygen atoms in total. The monoisotopic (exact) mass is 421 g/mol. The predicted molar refractivity (Wildman–Crippen MR) is 111 cm³/mol. The van der Waals surface area contributed by atoms with Crippen LogP contribution >= 0.6 is 0 Å². The van der Waals surface area contributed by atoms with Crippen LogP contribution in [0.15, 0.2) is 53.4 Å². The van der Waals surface area contributed by atoms with Gasteiger partial charge >= 0.3 is 0 Å². The maximum atomic E-state index is 12.9. The van der Waals surface area contributed by atoms with Crippen LogP contribution in [0, 0.1) is 5.82 Å². The summed E-state index contributed by atoms with van der Waals surface area (Å²) in [5, 5.41) is 2.83. The lowest BCUT2D eigenvalue weighted by Gasteiger charge is -2.18. The van der Waals surface area contributed by atoms with Crippen LogP contribution in [0.2, 0.25) is 0 Å². The van der Waals surface area contributed by atoms with Gasteiger partial charge in [-0.25, -0.2) is 12.8 Å². The van der Waals surface area contributed by atoms with Crippen LogP contribution < -0.4 is 5.32 Å². The minimum absolute atomic E-state index is 0.144. The summed E-state index contributed by atoms with van der Waals surface area (Å²) in [6.45, 7) is 5.49. The number of likely N-dealkylation sites (N-methyl/N-ethyl adjacent to an activating group) is 1. The van der Waals surface area contributed by atoms with E-state index in [1.807, 2.05) is 11.9 Å². The average Bonchev–Trinajstić information content (AvgIpc) is 2.69. The number of nitrogens with one attached hydrogen (secondary N) is 1. The fourth-order valence-corrected chi connectivity index (χ4v) is 4.41. The molecule has 1 amide bonds. The van der Waals surface area contributed by atoms with Crippen molar-refractivity contribution in [2.24, 2.45) is 0 Å². The summed E-state index contributed by atoms with van der Waals surface area (Å²) >= 11 is 0. The van der Waals surface area contributed by atoms with E-state index in [4.69, 9.17) is 0 Å². The Morgan fingerprint density at radius 2 is 1.52 bits per heavy atom. The number of nitrogens with zero attached hydrogens (tertiary/aromatic N) is 2. The van der Waals surface area contributed by atoms with Crippen molar-refractivity contribution in [3.8, 4) is 0 Å². The predicted octanol–water partition coefficient (Wildman–Crippen LogP) is 2.60. The molecule has 1 N–H and O–H groups in total. The Balaban J connectivity index is 1.86. The summed E-state index contributed by atoms with van der Waals surface area (Å²) in [5.74, 6) is -0.431. The van der Waals surface area contributed by atoms with Crippen LogP contribution in [0.3, 0.4) is 0 Å². The summed E-state index contributed by atoms with van der Waals surface area (Å²) < 4.78 is 39.3. The molecule has 2 rings (SSSR count). The van der Waals surface area contributed by atoms with Crippen molar-refractivity contribution in [1.29, 1.82) is 0 Å². The molecule has 0 atom stereocenters. The average molecular weight is 422 g/mol. The quantitative estimate of drug-likeness (QED) is 0.640. The number of sulfonamides is 1. The molecular weight excluding hydrogens is 393 g/mol. The minimum Gasteiger partial charge on any atom is -0.351 e. The zero-order valence-electron chi connectivity index (χ0n) is 17.1. The van der Waals surface area contributed by atoms with Crippen molar-refractivity contribution in [1.82, 2.24) is 14.5 Å². The number of rotatable bonds is 10. The number of amides is 1. The second kappa shape index (κ2) is 10.5. The number of hydrogen-bond donors (Lipinski definition) is 1. The Morgan fingerprint density at radius 1 is 0.966 bits per heavy atom. The Labute approximate surface area is 172 Å². The lowest BCUT2D eigenvalue weighted by Crippen LogP contribution is -2.34. The molecule has 0 unspecified atom stereocenters. The van der Waals surface area contributed by atoms with E-state index in [0.717, 1.165) is 11.1 Å². The summed E-state index contributed by atoms with van der Waals surface area (Å²) in [6.07, 6.45) is 0. The zero-order chi connectivity index (χ0) is 21.4. The topological polar surface area (TPSA) is 69.7 Å². The van der Waals surface area contributed by atoms with Gasteiger partial charge in [-0.15, -0.1) is 0 Å². The molecule has 0 aliphatic rings. The fourth-order valence-electron chi connectivity index (χ4n) is 2.95. The lowest BCUT2D eigenvalue weighted by molar-refractivity contribution is -0.122. The summed E-state index contributed by atoms with van der Waals surface area (Å²) in [7, 11) is -1.67. The molecule has 158 valence electrons. The highest BCUT2D eigenvalue weighted by Crippen LogP contribution is 2.16. The van der Waals surface area contributed by atoms with Crippen molar-refractivity contribution in [2.75, 3.05) is 26.7 Å². The van der Waals surface area contributed by atoms with Gasteiger partial charge in [-0.1, -0.05) is 38.1 Å². The molecular formula is C21H28FN3O3S. The third-order valence-electron chi connectivity index (χ3n) is 4.54. The van der Waals surface area contributed by atoms with Crippen molar-refractivity contribution in [3.63, 3.8) is 0 Å². The molecule has 0 aromatic heterocycles. The number of benzene rings is 2. The molecule has 0 aliphatic carbocycles. The van der Waals surface area contributed by atoms with Crippen LogP contribution in [-0.2, 0) is 27.9 Å². The van der Waals surface area contributed by atoms with E-state index in [9.17, 15) is 17.6 Å². The van der Waals surface area contributed by atoms with Crippen molar-refractivity contribution < 1.29 is 17.6 Å². The maximum Gasteiger partial charge on any atom is 0.243 e. The third kappa shape index (κ3) is 6.62. The van der Waals surface area contributed by atoms with Gasteiger partial charge in [-0.05, 0) is 42.4 Å². The first-order valence-corrected chi connectivity index (χ1v) is 11.0. The van der Waals surface area contributed by atoms with Crippen LogP contribution in [0.25, 0.3) is 0 Å². The maximum absolute atomic E-state index is 12.9. The van der Waals surface area contributed by atoms with Crippen molar-refractivity contribution in [3.05, 3.63) is 65.5 Å². The molecule has 8 heteroatoms. The summed E-state index contributed by atoms with van der Waals surface area (Å²) in [4.78, 5) is 14.2. The van der Waals surface area contributed by atoms with Gasteiger partial charge in [0.1, 0.15) is 5.82 Å². The highest BCUT2D eigenvalue weighted by molar-refractivity contribution is 7.89. The summed E-state index contributed by atoms with van der Waals surface area (Å²) in [6, 6.07) is 12.7. The lowest BCUT2D eigenvalue weighted by atomic mass is 10.2. The second-order valence-electron chi connectivity index (χ2n) is 6.81. The first-order valence-electron chi connectivity index (χ1n) is 9.55. The van der Waals surface area contributed by atoms with Gasteiger partial charge in [0.2, 0.25) is 15.9 Å². The largest absolute Gasteiger partial charge is 0.351 e. The van der Waals surface area contributed by atoms with Crippen LogP contribution in [-0.4, -0.2) is 50.2 Å². The van der Waals surface area contributed by atoms with E-state index in [2.05, 4.69) is 5.32 Å². The fraction of sp³-hybridized carbons (Fsp3) is 0.381. The van der Waals surface area contributed by atoms with Gasteiger partial charge in [-0.2, -0.15) is 4.31 Å². The molecule has 0 fully saturated rings. The van der Waals surface area contributed by atoms with Gasteiger partial charge in [-0.3, -0.25) is 9.69 Å². The van der Waals surface area contributed by atoms with E-state index < -0.39 is 10.0 Å². The van der Waals surface area contributed by atoms with Crippen LogP contribution in [0.4, 0.5) is 4.39 Å². The van der Waals surface area contributed by atoms with Gasteiger partial charge in [0, 0.05) is 26.2 Å². The molecule has 29 heavy (non-hydrogen) atoms. The first kappa shape index (κ1) is 23.0. The van der Waals surface area contributed by atoms with Gasteiger partial charge in [0.15, 0.2) is 0 Å². The number of halogens is 1. The molecule has 0 aliphatic heterocycles. The van der Waals surface area contributed by atoms with Gasteiger partial charge < -0.3 is 5.32 Å². The molecule has 0 saturated carbocycles. The van der Waals surface area contributed by atoms with Crippen molar-refractivity contribution >= 4 is 15.9 Å². The highest BCUT2D eigenvalue weighted by Gasteiger charge is 2.21. The molecule has 0 bridgehead atoms. The SMILES string of the molecule is CCN(CC)S(=O)(=O)c1ccc(CNC(=O)CN(C)Cc2ccc(F)cc2)cc1. The van der Waals surface area contributed by atoms with Crippen LogP contribution in [0.1, 0.15) is 25.0 Å². The molecule has 0 heterocycles. The van der Waals surface area contributed by atoms with Crippen LogP contribution in [0.5, 0.6) is 0 Å². The normalized spacial score (nSPS) is 11.8. The van der Waals surface area contributed by atoms with Gasteiger partial charge in [0.25, 0.3) is 0 Å². The second-order valence-corrected chi connectivity index (χ2v) is 8.75. The summed E-state index contributed by atoms with van der Waals surface area (Å²) in [5.41, 5.74) is 1.74. The first-order chi connectivity index (χ1) is 13.8. The molecule has 0 saturated heterocycles. The number of hydrogen-bond acceptors (Lipinski definition) is 4. The Kier molecular flexibility index (Phi) is 8.31. The van der Waals surface area contributed by atoms with E-state index in [1.54, 1.807) is 50.2 Å². The van der Waals surface area contributed by atoms with E-state index in [-0.39, 0.29) is 23.2 Å². The Morgan fingerprint density at radius 3 is 2.07 bits per heavy atom. The third-order valence-corrected chi connectivity index (χ3v) is 6.60.